The molecule has 0 aromatic carbocycles. The van der Waals surface area contributed by atoms with Crippen LogP contribution in [0.1, 0.15) is 26.8 Å². The Morgan fingerprint density at radius 2 is 2.11 bits per heavy atom. The molecule has 0 radical (unpaired) electrons. The minimum Gasteiger partial charge on any atom is -0.481 e. The number of nitrogens with one attached hydrogen (secondary N) is 1. The van der Waals surface area contributed by atoms with Crippen molar-refractivity contribution in [2.75, 3.05) is 5.75 Å². The zero-order valence-electron chi connectivity index (χ0n) is 10.3. The number of aliphatic carboxylic acids is 1. The number of thioether (sulfide) groups is 1. The third-order valence-corrected chi connectivity index (χ3v) is 2.88. The lowest BCUT2D eigenvalue weighted by Gasteiger charge is -2.15. The number of carboxylic acids is 1. The summed E-state index contributed by atoms with van der Waals surface area (Å²) in [4.78, 5) is 22.3. The summed E-state index contributed by atoms with van der Waals surface area (Å²) in [5.41, 5.74) is 0. The van der Waals surface area contributed by atoms with Crippen molar-refractivity contribution in [2.24, 2.45) is 0 Å². The number of aromatic nitrogens is 4. The fraction of sp³-hybridized carbons (Fsp3) is 0.667. The highest BCUT2D eigenvalue weighted by Crippen LogP contribution is 2.17. The average molecular weight is 273 g/mol. The first-order chi connectivity index (χ1) is 8.41. The number of carbonyl (C=O) groups is 2. The van der Waals surface area contributed by atoms with Crippen LogP contribution >= 0.6 is 11.8 Å². The zero-order chi connectivity index (χ0) is 13.7. The van der Waals surface area contributed by atoms with Gasteiger partial charge < -0.3 is 10.4 Å². The van der Waals surface area contributed by atoms with Gasteiger partial charge in [-0.15, -0.1) is 5.10 Å². The van der Waals surface area contributed by atoms with Gasteiger partial charge in [0.1, 0.15) is 6.04 Å². The molecule has 0 aliphatic rings. The lowest BCUT2D eigenvalue weighted by atomic mass is 10.3. The number of amides is 1. The molecule has 0 spiro atoms. The number of hydrogen-bond acceptors (Lipinski definition) is 6. The molecule has 1 rings (SSSR count). The molecule has 1 unspecified atom stereocenters. The summed E-state index contributed by atoms with van der Waals surface area (Å²) in [5.74, 6) is -1.33. The Labute approximate surface area is 108 Å². The van der Waals surface area contributed by atoms with Crippen LogP contribution in [0, 0.1) is 0 Å². The van der Waals surface area contributed by atoms with Crippen molar-refractivity contribution in [3.05, 3.63) is 0 Å². The van der Waals surface area contributed by atoms with Crippen molar-refractivity contribution in [3.8, 4) is 0 Å². The summed E-state index contributed by atoms with van der Waals surface area (Å²) >= 11 is 0.974. The molecule has 1 amide bonds. The van der Waals surface area contributed by atoms with E-state index in [9.17, 15) is 9.59 Å². The van der Waals surface area contributed by atoms with E-state index in [0.29, 0.717) is 5.16 Å². The monoisotopic (exact) mass is 273 g/mol. The normalized spacial score (nSPS) is 12.4. The van der Waals surface area contributed by atoms with Gasteiger partial charge in [-0.25, -0.2) is 4.68 Å². The van der Waals surface area contributed by atoms with Gasteiger partial charge in [-0.1, -0.05) is 11.8 Å². The summed E-state index contributed by atoms with van der Waals surface area (Å²) in [7, 11) is 0. The second-order valence-electron chi connectivity index (χ2n) is 3.93. The Bertz CT molecular complexity index is 434. The molecule has 0 aliphatic carbocycles. The number of carbonyl (C=O) groups excluding carboxylic acids is 1. The number of carboxylic acid groups (broad SMARTS) is 1. The Balaban J connectivity index is 2.73. The van der Waals surface area contributed by atoms with E-state index in [1.807, 2.05) is 13.8 Å². The van der Waals surface area contributed by atoms with Gasteiger partial charge in [0.05, 0.1) is 5.75 Å². The summed E-state index contributed by atoms with van der Waals surface area (Å²) in [5, 5.41) is 22.5. The van der Waals surface area contributed by atoms with Crippen molar-refractivity contribution in [3.63, 3.8) is 0 Å². The minimum absolute atomic E-state index is 0.0200. The number of nitrogens with zero attached hydrogens (tertiary/aromatic N) is 4. The van der Waals surface area contributed by atoms with Crippen LogP contribution in [0.4, 0.5) is 0 Å². The molecule has 100 valence electrons. The van der Waals surface area contributed by atoms with Crippen LogP contribution in [0.15, 0.2) is 5.16 Å². The molecule has 0 saturated carbocycles. The number of hydrogen-bond donors (Lipinski definition) is 2. The molecular formula is C9H15N5O3S. The third-order valence-electron chi connectivity index (χ3n) is 1.96. The van der Waals surface area contributed by atoms with Crippen molar-refractivity contribution in [2.45, 2.75) is 38.0 Å². The van der Waals surface area contributed by atoms with Crippen molar-refractivity contribution < 1.29 is 14.7 Å². The molecule has 2 N–H and O–H groups in total. The summed E-state index contributed by atoms with van der Waals surface area (Å²) in [6.45, 7) is 5.35. The van der Waals surface area contributed by atoms with Gasteiger partial charge in [-0.05, 0) is 31.2 Å². The quantitative estimate of drug-likeness (QED) is 0.698. The fourth-order valence-corrected chi connectivity index (χ4v) is 1.84. The molecule has 1 atom stereocenters. The number of rotatable bonds is 6. The molecule has 0 fully saturated rings. The van der Waals surface area contributed by atoms with Gasteiger partial charge in [0.25, 0.3) is 0 Å². The van der Waals surface area contributed by atoms with Crippen molar-refractivity contribution in [1.82, 2.24) is 25.5 Å². The standard InChI is InChI=1S/C9H15N5O3S/c1-5(2)10-8(17)6(3)14-9(11-12-13-14)18-4-7(15)16/h5-6H,4H2,1-3H3,(H,10,17)(H,15,16). The van der Waals surface area contributed by atoms with E-state index in [1.165, 1.54) is 4.68 Å². The second-order valence-corrected chi connectivity index (χ2v) is 4.87. The van der Waals surface area contributed by atoms with Crippen molar-refractivity contribution >= 4 is 23.6 Å². The van der Waals surface area contributed by atoms with Gasteiger partial charge in [-0.3, -0.25) is 9.59 Å². The zero-order valence-corrected chi connectivity index (χ0v) is 11.1. The maximum absolute atomic E-state index is 11.8. The molecule has 18 heavy (non-hydrogen) atoms. The van der Waals surface area contributed by atoms with E-state index >= 15 is 0 Å². The van der Waals surface area contributed by atoms with Gasteiger partial charge >= 0.3 is 5.97 Å². The molecule has 0 aliphatic heterocycles. The molecule has 0 bridgehead atoms. The molecular weight excluding hydrogens is 258 g/mol. The summed E-state index contributed by atoms with van der Waals surface area (Å²) in [6.07, 6.45) is 0. The molecule has 1 aromatic heterocycles. The maximum atomic E-state index is 11.8. The average Bonchev–Trinajstić information content (AvgIpc) is 2.72. The third kappa shape index (κ3) is 3.99. The first-order valence-electron chi connectivity index (χ1n) is 5.34. The predicted octanol–water partition coefficient (Wildman–Crippen LogP) is -0.0646. The Hall–Kier alpha value is -1.64. The molecule has 9 heteroatoms. The molecule has 1 aromatic rings. The minimum atomic E-state index is -0.964. The van der Waals surface area contributed by atoms with E-state index in [0.717, 1.165) is 11.8 Å². The first kappa shape index (κ1) is 14.4. The van der Waals surface area contributed by atoms with Gasteiger partial charge in [0.15, 0.2) is 0 Å². The van der Waals surface area contributed by atoms with Crippen LogP contribution in [-0.2, 0) is 9.59 Å². The molecule has 1 heterocycles. The predicted molar refractivity (Wildman–Crippen MR) is 64.2 cm³/mol. The van der Waals surface area contributed by atoms with E-state index in [1.54, 1.807) is 6.92 Å². The number of tetrazole rings is 1. The Morgan fingerprint density at radius 1 is 1.44 bits per heavy atom. The smallest absolute Gasteiger partial charge is 0.313 e. The SMILES string of the molecule is CC(C)NC(=O)C(C)n1nnnc1SCC(=O)O. The van der Waals surface area contributed by atoms with Crippen LogP contribution in [0.25, 0.3) is 0 Å². The van der Waals surface area contributed by atoms with Crippen LogP contribution in [0.3, 0.4) is 0 Å². The van der Waals surface area contributed by atoms with Gasteiger partial charge in [0, 0.05) is 6.04 Å². The lowest BCUT2D eigenvalue weighted by molar-refractivity contribution is -0.134. The van der Waals surface area contributed by atoms with Gasteiger partial charge in [0.2, 0.25) is 11.1 Å². The highest BCUT2D eigenvalue weighted by atomic mass is 32.2. The second kappa shape index (κ2) is 6.34. The van der Waals surface area contributed by atoms with Gasteiger partial charge in [-0.2, -0.15) is 0 Å². The lowest BCUT2D eigenvalue weighted by Crippen LogP contribution is -2.36. The van der Waals surface area contributed by atoms with E-state index in [4.69, 9.17) is 5.11 Å². The van der Waals surface area contributed by atoms with E-state index < -0.39 is 12.0 Å². The van der Waals surface area contributed by atoms with E-state index in [-0.39, 0.29) is 17.7 Å². The van der Waals surface area contributed by atoms with Crippen LogP contribution in [0.5, 0.6) is 0 Å². The first-order valence-corrected chi connectivity index (χ1v) is 6.33. The summed E-state index contributed by atoms with van der Waals surface area (Å²) < 4.78 is 1.31. The molecule has 8 nitrogen and oxygen atoms in total. The van der Waals surface area contributed by atoms with Crippen LogP contribution in [-0.4, -0.2) is 49.0 Å². The van der Waals surface area contributed by atoms with Crippen molar-refractivity contribution in [1.29, 1.82) is 0 Å². The largest absolute Gasteiger partial charge is 0.481 e. The maximum Gasteiger partial charge on any atom is 0.313 e. The Morgan fingerprint density at radius 3 is 2.67 bits per heavy atom. The van der Waals surface area contributed by atoms with E-state index in [2.05, 4.69) is 20.8 Å². The topological polar surface area (TPSA) is 110 Å². The summed E-state index contributed by atoms with van der Waals surface area (Å²) in [6, 6.07) is -0.565. The highest BCUT2D eigenvalue weighted by molar-refractivity contribution is 7.99. The Kier molecular flexibility index (Phi) is 5.08. The van der Waals surface area contributed by atoms with Crippen LogP contribution in [0.2, 0.25) is 0 Å². The fourth-order valence-electron chi connectivity index (χ4n) is 1.17. The van der Waals surface area contributed by atoms with Crippen LogP contribution < -0.4 is 5.32 Å². The highest BCUT2D eigenvalue weighted by Gasteiger charge is 2.21. The molecule has 0 saturated heterocycles.